The van der Waals surface area contributed by atoms with Crippen molar-refractivity contribution >= 4 is 10.0 Å². The second-order valence-electron chi connectivity index (χ2n) is 6.44. The number of nitrogens with zero attached hydrogens (tertiary/aromatic N) is 1. The summed E-state index contributed by atoms with van der Waals surface area (Å²) in [6, 6.07) is 5.32. The van der Waals surface area contributed by atoms with Crippen LogP contribution in [-0.4, -0.2) is 53.2 Å². The number of hydrogen-bond donors (Lipinski definition) is 1. The van der Waals surface area contributed by atoms with Crippen LogP contribution in [-0.2, 0) is 10.0 Å². The highest BCUT2D eigenvalue weighted by molar-refractivity contribution is 7.89. The van der Waals surface area contributed by atoms with Gasteiger partial charge in [-0.05, 0) is 57.8 Å². The minimum atomic E-state index is -3.63. The fourth-order valence-corrected chi connectivity index (χ4v) is 4.27. The molecule has 0 amide bonds. The van der Waals surface area contributed by atoms with Crippen LogP contribution >= 0.6 is 0 Å². The van der Waals surface area contributed by atoms with E-state index in [-0.39, 0.29) is 4.90 Å². The third-order valence-corrected chi connectivity index (χ3v) is 6.05. The predicted octanol–water partition coefficient (Wildman–Crippen LogP) is 2.10. The zero-order valence-corrected chi connectivity index (χ0v) is 15.7. The number of hydrogen-bond acceptors (Lipinski definition) is 5. The van der Waals surface area contributed by atoms with E-state index >= 15 is 0 Å². The Morgan fingerprint density at radius 1 is 1.21 bits per heavy atom. The quantitative estimate of drug-likeness (QED) is 0.810. The number of methoxy groups -OCH3 is 2. The number of rotatable bonds is 7. The maximum Gasteiger partial charge on any atom is 0.244 e. The summed E-state index contributed by atoms with van der Waals surface area (Å²) in [5, 5.41) is 0. The fourth-order valence-electron chi connectivity index (χ4n) is 2.97. The summed E-state index contributed by atoms with van der Waals surface area (Å²) in [5.41, 5.74) is 0. The van der Waals surface area contributed by atoms with Crippen LogP contribution < -0.4 is 14.2 Å². The van der Waals surface area contributed by atoms with E-state index in [9.17, 15) is 8.42 Å². The summed E-state index contributed by atoms with van der Waals surface area (Å²) in [6.45, 7) is 6.88. The molecule has 136 valence electrons. The lowest BCUT2D eigenvalue weighted by Gasteiger charge is -2.34. The van der Waals surface area contributed by atoms with Crippen LogP contribution in [0.25, 0.3) is 0 Å². The van der Waals surface area contributed by atoms with Gasteiger partial charge in [-0.3, -0.25) is 0 Å². The Morgan fingerprint density at radius 2 is 1.88 bits per heavy atom. The van der Waals surface area contributed by atoms with Gasteiger partial charge in [0.2, 0.25) is 10.0 Å². The van der Waals surface area contributed by atoms with Gasteiger partial charge in [0.1, 0.15) is 16.4 Å². The van der Waals surface area contributed by atoms with Gasteiger partial charge in [0.15, 0.2) is 0 Å². The van der Waals surface area contributed by atoms with Crippen LogP contribution in [0.15, 0.2) is 23.1 Å². The van der Waals surface area contributed by atoms with Crippen LogP contribution in [0.5, 0.6) is 11.5 Å². The van der Waals surface area contributed by atoms with Gasteiger partial charge < -0.3 is 14.4 Å². The number of piperidine rings is 1. The third kappa shape index (κ3) is 4.62. The van der Waals surface area contributed by atoms with Gasteiger partial charge in [-0.15, -0.1) is 0 Å². The first-order valence-electron chi connectivity index (χ1n) is 8.33. The number of nitrogens with one attached hydrogen (secondary N) is 1. The summed E-state index contributed by atoms with van der Waals surface area (Å²) in [5.74, 6) is 1.17. The molecule has 1 fully saturated rings. The summed E-state index contributed by atoms with van der Waals surface area (Å²) in [6.07, 6.45) is 2.02. The molecule has 0 radical (unpaired) electrons. The first-order valence-corrected chi connectivity index (χ1v) is 9.81. The fraction of sp³-hybridized carbons (Fsp3) is 0.647. The Hall–Kier alpha value is -1.31. The minimum Gasteiger partial charge on any atom is -0.497 e. The van der Waals surface area contributed by atoms with Crippen LogP contribution in [0.3, 0.4) is 0 Å². The van der Waals surface area contributed by atoms with Crippen molar-refractivity contribution in [1.29, 1.82) is 0 Å². The Kier molecular flexibility index (Phi) is 6.48. The van der Waals surface area contributed by atoms with Gasteiger partial charge in [-0.1, -0.05) is 0 Å². The van der Waals surface area contributed by atoms with E-state index in [4.69, 9.17) is 9.47 Å². The molecule has 1 aliphatic heterocycles. The SMILES string of the molecule is COc1ccc(OC)c(S(=O)(=O)NCC2CCN(C(C)C)CC2)c1. The first-order chi connectivity index (χ1) is 11.4. The molecule has 24 heavy (non-hydrogen) atoms. The van der Waals surface area contributed by atoms with Gasteiger partial charge in [-0.2, -0.15) is 0 Å². The van der Waals surface area contributed by atoms with Crippen LogP contribution in [0.2, 0.25) is 0 Å². The summed E-state index contributed by atoms with van der Waals surface area (Å²) >= 11 is 0. The average Bonchev–Trinajstić information content (AvgIpc) is 2.59. The normalized spacial score (nSPS) is 17.2. The lowest BCUT2D eigenvalue weighted by molar-refractivity contribution is 0.150. The molecule has 1 saturated heterocycles. The zero-order chi connectivity index (χ0) is 17.7. The maximum atomic E-state index is 12.6. The second kappa shape index (κ2) is 8.18. The molecular formula is C17H28N2O4S. The number of likely N-dealkylation sites (tertiary alicyclic amines) is 1. The van der Waals surface area contributed by atoms with Crippen molar-refractivity contribution in [2.75, 3.05) is 33.9 Å². The lowest BCUT2D eigenvalue weighted by Crippen LogP contribution is -2.41. The Morgan fingerprint density at radius 3 is 2.42 bits per heavy atom. The molecule has 0 saturated carbocycles. The largest absolute Gasteiger partial charge is 0.497 e. The average molecular weight is 356 g/mol. The predicted molar refractivity (Wildman–Crippen MR) is 94.2 cm³/mol. The Labute approximate surface area is 145 Å². The monoisotopic (exact) mass is 356 g/mol. The summed E-state index contributed by atoms with van der Waals surface area (Å²) in [4.78, 5) is 2.54. The van der Waals surface area contributed by atoms with Crippen molar-refractivity contribution in [2.45, 2.75) is 37.6 Å². The molecule has 1 heterocycles. The van der Waals surface area contributed by atoms with Crippen molar-refractivity contribution in [1.82, 2.24) is 9.62 Å². The number of benzene rings is 1. The van der Waals surface area contributed by atoms with Gasteiger partial charge in [0, 0.05) is 18.7 Å². The maximum absolute atomic E-state index is 12.6. The zero-order valence-electron chi connectivity index (χ0n) is 14.9. The van der Waals surface area contributed by atoms with E-state index in [2.05, 4.69) is 23.5 Å². The Bertz CT molecular complexity index is 638. The third-order valence-electron chi connectivity index (χ3n) is 4.60. The highest BCUT2D eigenvalue weighted by Crippen LogP contribution is 2.28. The van der Waals surface area contributed by atoms with Gasteiger partial charge in [0.05, 0.1) is 14.2 Å². The highest BCUT2D eigenvalue weighted by Gasteiger charge is 2.25. The van der Waals surface area contributed by atoms with E-state index in [1.165, 1.54) is 20.3 Å². The van der Waals surface area contributed by atoms with E-state index in [1.54, 1.807) is 12.1 Å². The molecule has 1 aromatic rings. The van der Waals surface area contributed by atoms with Crippen molar-refractivity contribution in [3.63, 3.8) is 0 Å². The van der Waals surface area contributed by atoms with Crippen LogP contribution in [0, 0.1) is 5.92 Å². The van der Waals surface area contributed by atoms with E-state index < -0.39 is 10.0 Å². The van der Waals surface area contributed by atoms with Crippen molar-refractivity contribution in [3.05, 3.63) is 18.2 Å². The molecule has 0 bridgehead atoms. The van der Waals surface area contributed by atoms with Gasteiger partial charge in [0.25, 0.3) is 0 Å². The van der Waals surface area contributed by atoms with Gasteiger partial charge in [-0.25, -0.2) is 13.1 Å². The molecular weight excluding hydrogens is 328 g/mol. The molecule has 1 aromatic carbocycles. The summed E-state index contributed by atoms with van der Waals surface area (Å²) in [7, 11) is -0.665. The smallest absolute Gasteiger partial charge is 0.244 e. The molecule has 0 unspecified atom stereocenters. The lowest BCUT2D eigenvalue weighted by atomic mass is 9.96. The Balaban J connectivity index is 2.02. The number of ether oxygens (including phenoxy) is 2. The molecule has 0 spiro atoms. The first kappa shape index (κ1) is 19.0. The van der Waals surface area contributed by atoms with Crippen LogP contribution in [0.1, 0.15) is 26.7 Å². The minimum absolute atomic E-state index is 0.115. The van der Waals surface area contributed by atoms with Crippen molar-refractivity contribution < 1.29 is 17.9 Å². The van der Waals surface area contributed by atoms with E-state index in [1.807, 2.05) is 0 Å². The molecule has 6 nitrogen and oxygen atoms in total. The van der Waals surface area contributed by atoms with Crippen molar-refractivity contribution in [3.8, 4) is 11.5 Å². The summed E-state index contributed by atoms with van der Waals surface area (Å²) < 4.78 is 38.3. The van der Waals surface area contributed by atoms with E-state index in [0.717, 1.165) is 25.9 Å². The number of sulfonamides is 1. The molecule has 2 rings (SSSR count). The van der Waals surface area contributed by atoms with E-state index in [0.29, 0.717) is 30.0 Å². The highest BCUT2D eigenvalue weighted by atomic mass is 32.2. The molecule has 0 aromatic heterocycles. The molecule has 1 N–H and O–H groups in total. The second-order valence-corrected chi connectivity index (χ2v) is 8.18. The topological polar surface area (TPSA) is 67.9 Å². The van der Waals surface area contributed by atoms with Gasteiger partial charge >= 0.3 is 0 Å². The van der Waals surface area contributed by atoms with Crippen molar-refractivity contribution in [2.24, 2.45) is 5.92 Å². The van der Waals surface area contributed by atoms with Crippen LogP contribution in [0.4, 0.5) is 0 Å². The standard InChI is InChI=1S/C17H28N2O4S/c1-13(2)19-9-7-14(8-10-19)12-18-24(20,21)17-11-15(22-3)5-6-16(17)23-4/h5-6,11,13-14,18H,7-10,12H2,1-4H3. The molecule has 7 heteroatoms. The molecule has 0 aliphatic carbocycles. The molecule has 0 atom stereocenters. The molecule has 1 aliphatic rings.